The van der Waals surface area contributed by atoms with Crippen LogP contribution in [0.25, 0.3) is 0 Å². The van der Waals surface area contributed by atoms with Gasteiger partial charge in [-0.15, -0.1) is 0 Å². The zero-order chi connectivity index (χ0) is 7.12. The SMILES string of the molecule is [F][Re]([F])([F])([F])([F])=[N]Cl. The molecule has 0 aliphatic carbocycles. The van der Waals surface area contributed by atoms with Crippen LogP contribution in [-0.2, 0) is 15.5 Å². The first kappa shape index (κ1) is 8.40. The van der Waals surface area contributed by atoms with Gasteiger partial charge in [0.1, 0.15) is 0 Å². The van der Waals surface area contributed by atoms with Crippen LogP contribution in [0.3, 0.4) is 0 Å². The number of nitrogens with zero attached hydrogens (tertiary/aromatic N) is 1. The molecule has 0 atom stereocenters. The molecule has 0 amide bonds. The van der Waals surface area contributed by atoms with E-state index in [1.54, 1.807) is 0 Å². The maximum atomic E-state index is 10.7. The van der Waals surface area contributed by atoms with Crippen molar-refractivity contribution in [3.8, 4) is 0 Å². The molecule has 54 valence electrons. The minimum atomic E-state index is -10.4. The monoisotopic (exact) mass is 331 g/mol. The van der Waals surface area contributed by atoms with Crippen molar-refractivity contribution in [2.45, 2.75) is 0 Å². The fraction of sp³-hybridized carbons (Fsp3) is 0. The normalized spacial score (nSPS) is 21.2. The molecule has 0 unspecified atom stereocenters. The maximum absolute atomic E-state index is 10.7. The van der Waals surface area contributed by atoms with Crippen molar-refractivity contribution in [3.63, 3.8) is 0 Å². The molecule has 0 aliphatic heterocycles. The Morgan fingerprint density at radius 2 is 1.12 bits per heavy atom. The van der Waals surface area contributed by atoms with Gasteiger partial charge >= 0.3 is 46.5 Å². The summed E-state index contributed by atoms with van der Waals surface area (Å²) in [5, 5.41) is 0. The van der Waals surface area contributed by atoms with E-state index in [0.717, 1.165) is 0 Å². The van der Waals surface area contributed by atoms with Gasteiger partial charge in [-0.3, -0.25) is 0 Å². The second-order valence-electron chi connectivity index (χ2n) is 0.923. The Balaban J connectivity index is 5.15. The molecular formula is ClF5NRe. The zero-order valence-corrected chi connectivity index (χ0v) is 6.56. The third-order valence-corrected chi connectivity index (χ3v) is 2.96. The standard InChI is InChI=1S/ClN.5FH.Re/c1-2;;;;;;/h;5*1H;/q;;;;;;+5/p-5. The quantitative estimate of drug-likeness (QED) is 0.606. The Morgan fingerprint density at radius 3 is 1.12 bits per heavy atom. The second-order valence-corrected chi connectivity index (χ2v) is 8.60. The molecule has 0 spiro atoms. The topological polar surface area (TPSA) is 12.4 Å². The molecule has 0 rings (SSSR count). The summed E-state index contributed by atoms with van der Waals surface area (Å²) in [5.74, 6) is 0. The van der Waals surface area contributed by atoms with E-state index in [2.05, 4.69) is 11.8 Å². The van der Waals surface area contributed by atoms with Gasteiger partial charge in [-0.05, 0) is 0 Å². The second kappa shape index (κ2) is 1.13. The van der Waals surface area contributed by atoms with E-state index in [-0.39, 0.29) is 0 Å². The van der Waals surface area contributed by atoms with E-state index in [4.69, 9.17) is 0 Å². The van der Waals surface area contributed by atoms with Crippen molar-refractivity contribution in [1.82, 2.24) is 0 Å². The molecule has 8 heavy (non-hydrogen) atoms. The molecule has 8 heteroatoms. The van der Waals surface area contributed by atoms with E-state index < -0.39 is 15.5 Å². The van der Waals surface area contributed by atoms with Crippen molar-refractivity contribution in [2.24, 2.45) is 3.09 Å². The molecule has 1 nitrogen and oxygen atoms in total. The molecule has 0 saturated carbocycles. The molecule has 0 saturated heterocycles. The summed E-state index contributed by atoms with van der Waals surface area (Å²) in [5.41, 5.74) is 0. The van der Waals surface area contributed by atoms with E-state index in [0.29, 0.717) is 3.09 Å². The van der Waals surface area contributed by atoms with Gasteiger partial charge in [0, 0.05) is 0 Å². The molecule has 0 bridgehead atoms. The van der Waals surface area contributed by atoms with Crippen molar-refractivity contribution in [2.75, 3.05) is 0 Å². The van der Waals surface area contributed by atoms with E-state index >= 15 is 0 Å². The van der Waals surface area contributed by atoms with Gasteiger partial charge in [0.25, 0.3) is 0 Å². The summed E-state index contributed by atoms with van der Waals surface area (Å²) in [6, 6.07) is 0. The Morgan fingerprint density at radius 1 is 1.00 bits per heavy atom. The van der Waals surface area contributed by atoms with Crippen molar-refractivity contribution < 1.29 is 31.6 Å². The fourth-order valence-corrected chi connectivity index (χ4v) is 0. The van der Waals surface area contributed by atoms with Gasteiger partial charge in [0.05, 0.1) is 0 Å². The van der Waals surface area contributed by atoms with Gasteiger partial charge in [-0.2, -0.15) is 0 Å². The molecule has 0 aromatic carbocycles. The molecular weight excluding hydrogens is 331 g/mol. The number of rotatable bonds is 0. The summed E-state index contributed by atoms with van der Waals surface area (Å²) < 4.78 is 54.2. The first-order valence-electron chi connectivity index (χ1n) is 1.05. The van der Waals surface area contributed by atoms with Crippen LogP contribution in [0.2, 0.25) is 0 Å². The van der Waals surface area contributed by atoms with Crippen LogP contribution >= 0.6 is 11.8 Å². The van der Waals surface area contributed by atoms with Crippen LogP contribution < -0.4 is 0 Å². The summed E-state index contributed by atoms with van der Waals surface area (Å²) in [7, 11) is 0. The van der Waals surface area contributed by atoms with Gasteiger partial charge in [0.15, 0.2) is 0 Å². The van der Waals surface area contributed by atoms with E-state index in [1.807, 2.05) is 0 Å². The number of hydrogen-bond donors (Lipinski definition) is 0. The average molecular weight is 331 g/mol. The summed E-state index contributed by atoms with van der Waals surface area (Å²) in [6.07, 6.45) is 0. The van der Waals surface area contributed by atoms with Crippen molar-refractivity contribution >= 4 is 11.8 Å². The Kier molecular flexibility index (Phi) is 1.18. The first-order valence-corrected chi connectivity index (χ1v) is 7.74. The molecule has 0 aliphatic rings. The average Bonchev–Trinajstić information content (AvgIpc) is 1.30. The van der Waals surface area contributed by atoms with E-state index in [1.165, 1.54) is 0 Å². The van der Waals surface area contributed by atoms with E-state index in [9.17, 15) is 16.1 Å². The van der Waals surface area contributed by atoms with Crippen molar-refractivity contribution in [1.29, 1.82) is 0 Å². The minimum absolute atomic E-state index is 0.620. The molecule has 0 radical (unpaired) electrons. The fourth-order valence-electron chi connectivity index (χ4n) is 0. The molecule has 0 heterocycles. The van der Waals surface area contributed by atoms with Crippen LogP contribution in [-0.4, -0.2) is 0 Å². The summed E-state index contributed by atoms with van der Waals surface area (Å²) >= 11 is -6.84. The van der Waals surface area contributed by atoms with Crippen LogP contribution in [0.5, 0.6) is 0 Å². The molecule has 0 aromatic rings. The predicted molar refractivity (Wildman–Crippen MR) is 13.8 cm³/mol. The third-order valence-electron chi connectivity index (χ3n) is 0.121. The number of halogens is 6. The third kappa shape index (κ3) is 6.40. The summed E-state index contributed by atoms with van der Waals surface area (Å²) in [4.78, 5) is 0. The van der Waals surface area contributed by atoms with Crippen LogP contribution in [0.15, 0.2) is 3.09 Å². The van der Waals surface area contributed by atoms with Crippen LogP contribution in [0.4, 0.5) is 16.1 Å². The Hall–Kier alpha value is 0.402. The predicted octanol–water partition coefficient (Wildman–Crippen LogP) is 2.97. The van der Waals surface area contributed by atoms with Crippen LogP contribution in [0, 0.1) is 0 Å². The van der Waals surface area contributed by atoms with Gasteiger partial charge in [0.2, 0.25) is 0 Å². The summed E-state index contributed by atoms with van der Waals surface area (Å²) in [6.45, 7) is 0. The van der Waals surface area contributed by atoms with Crippen LogP contribution in [0.1, 0.15) is 0 Å². The van der Waals surface area contributed by atoms with Gasteiger partial charge < -0.3 is 0 Å². The molecule has 0 fully saturated rings. The zero-order valence-electron chi connectivity index (χ0n) is 3.09. The first-order chi connectivity index (χ1) is 3.04. The Bertz CT molecular complexity index is 152. The van der Waals surface area contributed by atoms with Gasteiger partial charge in [-0.1, -0.05) is 0 Å². The molecule has 0 aromatic heterocycles. The Labute approximate surface area is 47.0 Å². The molecule has 0 N–H and O–H groups in total. The number of hydrogen-bond acceptors (Lipinski definition) is 1. The van der Waals surface area contributed by atoms with Gasteiger partial charge in [-0.25, -0.2) is 0 Å². The van der Waals surface area contributed by atoms with Crippen molar-refractivity contribution in [3.05, 3.63) is 0 Å².